The van der Waals surface area contributed by atoms with Gasteiger partial charge in [-0.05, 0) is 49.9 Å². The van der Waals surface area contributed by atoms with Crippen LogP contribution in [0.15, 0.2) is 24.8 Å². The minimum absolute atomic E-state index is 0.163. The van der Waals surface area contributed by atoms with Gasteiger partial charge in [-0.2, -0.15) is 0 Å². The summed E-state index contributed by atoms with van der Waals surface area (Å²) < 4.78 is 39.5. The molecule has 0 bridgehead atoms. The van der Waals surface area contributed by atoms with Gasteiger partial charge in [0.05, 0.1) is 0 Å². The number of benzene rings is 1. The molecule has 19 heavy (non-hydrogen) atoms. The fraction of sp³-hybridized carbons (Fsp3) is 0.467. The molecule has 1 aromatic carbocycles. The maximum absolute atomic E-state index is 13.3. The van der Waals surface area contributed by atoms with Gasteiger partial charge in [-0.15, -0.1) is 6.58 Å². The van der Waals surface area contributed by atoms with E-state index in [1.165, 1.54) is 0 Å². The minimum atomic E-state index is -1.41. The van der Waals surface area contributed by atoms with Gasteiger partial charge in [0.1, 0.15) is 0 Å². The summed E-state index contributed by atoms with van der Waals surface area (Å²) in [5.41, 5.74) is 0.453. The molecule has 0 aliphatic carbocycles. The second kappa shape index (κ2) is 8.00. The zero-order valence-corrected chi connectivity index (χ0v) is 11.2. The van der Waals surface area contributed by atoms with Crippen LogP contribution in [-0.2, 0) is 0 Å². The van der Waals surface area contributed by atoms with Crippen molar-refractivity contribution in [2.75, 3.05) is 6.54 Å². The van der Waals surface area contributed by atoms with E-state index in [1.54, 1.807) is 0 Å². The molecular weight excluding hydrogens is 251 g/mol. The number of nitrogens with one attached hydrogen (secondary N) is 1. The molecular formula is C15H20F3N. The maximum atomic E-state index is 13.3. The van der Waals surface area contributed by atoms with Crippen molar-refractivity contribution in [1.29, 1.82) is 0 Å². The van der Waals surface area contributed by atoms with Crippen molar-refractivity contribution < 1.29 is 13.2 Å². The molecule has 1 N–H and O–H groups in total. The molecule has 1 nitrogen and oxygen atoms in total. The second-order valence-corrected chi connectivity index (χ2v) is 4.52. The van der Waals surface area contributed by atoms with Gasteiger partial charge >= 0.3 is 0 Å². The van der Waals surface area contributed by atoms with Crippen LogP contribution in [0.2, 0.25) is 0 Å². The number of unbranched alkanes of at least 4 members (excludes halogenated alkanes) is 1. The van der Waals surface area contributed by atoms with Gasteiger partial charge in [0.2, 0.25) is 0 Å². The van der Waals surface area contributed by atoms with E-state index in [2.05, 4.69) is 11.9 Å². The van der Waals surface area contributed by atoms with Gasteiger partial charge in [-0.25, -0.2) is 13.2 Å². The first-order valence-electron chi connectivity index (χ1n) is 6.58. The highest BCUT2D eigenvalue weighted by Gasteiger charge is 2.16. The largest absolute Gasteiger partial charge is 0.310 e. The van der Waals surface area contributed by atoms with Gasteiger partial charge in [0, 0.05) is 6.04 Å². The first-order valence-corrected chi connectivity index (χ1v) is 6.58. The summed E-state index contributed by atoms with van der Waals surface area (Å²) in [6.07, 6.45) is 5.17. The van der Waals surface area contributed by atoms with Crippen molar-refractivity contribution in [1.82, 2.24) is 5.32 Å². The fourth-order valence-corrected chi connectivity index (χ4v) is 1.95. The fourth-order valence-electron chi connectivity index (χ4n) is 1.95. The second-order valence-electron chi connectivity index (χ2n) is 4.52. The summed E-state index contributed by atoms with van der Waals surface area (Å²) in [4.78, 5) is 0. The lowest BCUT2D eigenvalue weighted by Crippen LogP contribution is -2.22. The predicted octanol–water partition coefficient (Wildman–Crippen LogP) is 4.50. The smallest absolute Gasteiger partial charge is 0.194 e. The van der Waals surface area contributed by atoms with Crippen LogP contribution in [0.4, 0.5) is 13.2 Å². The molecule has 4 heteroatoms. The Balaban J connectivity index is 2.85. The van der Waals surface area contributed by atoms with Gasteiger partial charge in [-0.3, -0.25) is 0 Å². The third-order valence-electron chi connectivity index (χ3n) is 2.95. The summed E-state index contributed by atoms with van der Waals surface area (Å²) in [6.45, 7) is 6.41. The number of allylic oxidation sites excluding steroid dienone is 1. The topological polar surface area (TPSA) is 12.0 Å². The third kappa shape index (κ3) is 4.71. The molecule has 1 aromatic rings. The van der Waals surface area contributed by atoms with E-state index in [1.807, 2.05) is 13.0 Å². The van der Waals surface area contributed by atoms with Crippen LogP contribution < -0.4 is 5.32 Å². The predicted molar refractivity (Wildman–Crippen MR) is 71.4 cm³/mol. The van der Waals surface area contributed by atoms with E-state index < -0.39 is 17.5 Å². The van der Waals surface area contributed by atoms with Gasteiger partial charge in [-0.1, -0.05) is 13.0 Å². The molecule has 0 spiro atoms. The zero-order chi connectivity index (χ0) is 14.3. The highest BCUT2D eigenvalue weighted by Crippen LogP contribution is 2.23. The van der Waals surface area contributed by atoms with Gasteiger partial charge < -0.3 is 5.32 Å². The number of rotatable bonds is 8. The van der Waals surface area contributed by atoms with Crippen LogP contribution in [-0.4, -0.2) is 6.54 Å². The first-order chi connectivity index (χ1) is 9.10. The van der Waals surface area contributed by atoms with Crippen LogP contribution in [0.25, 0.3) is 0 Å². The lowest BCUT2D eigenvalue weighted by molar-refractivity contribution is 0.433. The van der Waals surface area contributed by atoms with Crippen LogP contribution in [0.5, 0.6) is 0 Å². The summed E-state index contributed by atoms with van der Waals surface area (Å²) >= 11 is 0. The lowest BCUT2D eigenvalue weighted by Gasteiger charge is -2.19. The van der Waals surface area contributed by atoms with Crippen molar-refractivity contribution in [3.63, 3.8) is 0 Å². The standard InChI is InChI=1S/C15H20F3N/c1-3-5-6-7-14(19-8-4-2)11-9-12(16)15(18)13(17)10-11/h3,9-10,14,19H,1,4-8H2,2H3. The van der Waals surface area contributed by atoms with E-state index in [9.17, 15) is 13.2 Å². The Hall–Kier alpha value is -1.29. The molecule has 0 heterocycles. The van der Waals surface area contributed by atoms with Crippen molar-refractivity contribution >= 4 is 0 Å². The number of hydrogen-bond donors (Lipinski definition) is 1. The zero-order valence-electron chi connectivity index (χ0n) is 11.2. The summed E-state index contributed by atoms with van der Waals surface area (Å²) in [5.74, 6) is -3.69. The molecule has 1 atom stereocenters. The van der Waals surface area contributed by atoms with Crippen molar-refractivity contribution in [2.45, 2.75) is 38.6 Å². The average molecular weight is 271 g/mol. The van der Waals surface area contributed by atoms with E-state index in [0.29, 0.717) is 5.56 Å². The molecule has 0 radical (unpaired) electrons. The first kappa shape index (κ1) is 15.8. The molecule has 106 valence electrons. The molecule has 0 aromatic heterocycles. The highest BCUT2D eigenvalue weighted by atomic mass is 19.2. The molecule has 1 unspecified atom stereocenters. The highest BCUT2D eigenvalue weighted by molar-refractivity contribution is 5.22. The number of halogens is 3. The van der Waals surface area contributed by atoms with Crippen molar-refractivity contribution in [3.05, 3.63) is 47.8 Å². The minimum Gasteiger partial charge on any atom is -0.310 e. The lowest BCUT2D eigenvalue weighted by atomic mass is 10.00. The maximum Gasteiger partial charge on any atom is 0.194 e. The molecule has 0 aliphatic heterocycles. The Kier molecular flexibility index (Phi) is 6.64. The Labute approximate surface area is 112 Å². The van der Waals surface area contributed by atoms with Gasteiger partial charge in [0.15, 0.2) is 17.5 Å². The Morgan fingerprint density at radius 2 is 1.89 bits per heavy atom. The van der Waals surface area contributed by atoms with Crippen LogP contribution in [0, 0.1) is 17.5 Å². The quantitative estimate of drug-likeness (QED) is 0.417. The summed E-state index contributed by atoms with van der Waals surface area (Å²) in [7, 11) is 0. The monoisotopic (exact) mass is 271 g/mol. The van der Waals surface area contributed by atoms with Crippen LogP contribution in [0.1, 0.15) is 44.2 Å². The van der Waals surface area contributed by atoms with E-state index in [0.717, 1.165) is 44.4 Å². The molecule has 0 saturated carbocycles. The molecule has 0 aliphatic rings. The van der Waals surface area contributed by atoms with Crippen LogP contribution in [0.3, 0.4) is 0 Å². The van der Waals surface area contributed by atoms with E-state index in [-0.39, 0.29) is 6.04 Å². The molecule has 0 fully saturated rings. The number of hydrogen-bond acceptors (Lipinski definition) is 1. The SMILES string of the molecule is C=CCCCC(NCCC)c1cc(F)c(F)c(F)c1. The Bertz CT molecular complexity index is 395. The Morgan fingerprint density at radius 1 is 1.26 bits per heavy atom. The van der Waals surface area contributed by atoms with E-state index >= 15 is 0 Å². The van der Waals surface area contributed by atoms with Crippen molar-refractivity contribution in [2.24, 2.45) is 0 Å². The summed E-state index contributed by atoms with van der Waals surface area (Å²) in [5, 5.41) is 3.23. The van der Waals surface area contributed by atoms with Crippen LogP contribution >= 0.6 is 0 Å². The summed E-state index contributed by atoms with van der Waals surface area (Å²) in [6, 6.07) is 1.98. The van der Waals surface area contributed by atoms with Crippen molar-refractivity contribution in [3.8, 4) is 0 Å². The van der Waals surface area contributed by atoms with Gasteiger partial charge in [0.25, 0.3) is 0 Å². The molecule has 1 rings (SSSR count). The third-order valence-corrected chi connectivity index (χ3v) is 2.95. The van der Waals surface area contributed by atoms with E-state index in [4.69, 9.17) is 0 Å². The normalized spacial score (nSPS) is 12.4. The Morgan fingerprint density at radius 3 is 2.42 bits per heavy atom. The molecule has 0 saturated heterocycles. The average Bonchev–Trinajstić information content (AvgIpc) is 2.39. The molecule has 0 amide bonds.